The van der Waals surface area contributed by atoms with Gasteiger partial charge in [0.1, 0.15) is 11.6 Å². The summed E-state index contributed by atoms with van der Waals surface area (Å²) in [6.45, 7) is 8.83. The average molecular weight is 359 g/mol. The number of nitrogens with zero attached hydrogens (tertiary/aromatic N) is 2. The number of rotatable bonds is 9. The van der Waals surface area contributed by atoms with Crippen LogP contribution in [0.5, 0.6) is 0 Å². The van der Waals surface area contributed by atoms with Crippen molar-refractivity contribution in [3.63, 3.8) is 0 Å². The van der Waals surface area contributed by atoms with Crippen LogP contribution < -0.4 is 0 Å². The maximum absolute atomic E-state index is 12.3. The van der Waals surface area contributed by atoms with Crippen LogP contribution >= 0.6 is 11.8 Å². The van der Waals surface area contributed by atoms with Gasteiger partial charge in [0.15, 0.2) is 5.16 Å². The Morgan fingerprint density at radius 2 is 1.88 bits per heavy atom. The summed E-state index contributed by atoms with van der Waals surface area (Å²) in [5.41, 5.74) is 3.13. The molecule has 0 N–H and O–H groups in total. The number of benzene rings is 1. The van der Waals surface area contributed by atoms with Crippen molar-refractivity contribution in [3.8, 4) is 0 Å². The summed E-state index contributed by atoms with van der Waals surface area (Å²) in [4.78, 5) is 28.0. The van der Waals surface area contributed by atoms with Gasteiger partial charge in [-0.05, 0) is 30.9 Å². The lowest BCUT2D eigenvalue weighted by Crippen LogP contribution is -2.09. The van der Waals surface area contributed by atoms with Crippen molar-refractivity contribution >= 4 is 23.3 Å². The van der Waals surface area contributed by atoms with Crippen molar-refractivity contribution in [1.82, 2.24) is 9.55 Å². The van der Waals surface area contributed by atoms with Crippen LogP contribution in [0.1, 0.15) is 50.4 Å². The molecule has 0 saturated heterocycles. The van der Waals surface area contributed by atoms with E-state index in [1.807, 2.05) is 30.5 Å². The van der Waals surface area contributed by atoms with Gasteiger partial charge in [-0.2, -0.15) is 0 Å². The van der Waals surface area contributed by atoms with E-state index in [1.54, 1.807) is 6.92 Å². The number of hydrogen-bond acceptors (Lipinski definition) is 4. The molecule has 1 heterocycles. The molecule has 0 radical (unpaired) electrons. The molecule has 25 heavy (non-hydrogen) atoms. The predicted molar refractivity (Wildman–Crippen MR) is 102 cm³/mol. The van der Waals surface area contributed by atoms with Crippen molar-refractivity contribution < 1.29 is 9.59 Å². The van der Waals surface area contributed by atoms with Crippen LogP contribution in [0.2, 0.25) is 0 Å². The van der Waals surface area contributed by atoms with Gasteiger partial charge >= 0.3 is 0 Å². The lowest BCUT2D eigenvalue weighted by molar-refractivity contribution is -0.117. The van der Waals surface area contributed by atoms with Crippen LogP contribution in [-0.4, -0.2) is 26.9 Å². The predicted octanol–water partition coefficient (Wildman–Crippen LogP) is 4.06. The molecule has 0 fully saturated rings. The summed E-state index contributed by atoms with van der Waals surface area (Å²) in [6.07, 6.45) is 2.72. The van der Waals surface area contributed by atoms with Crippen LogP contribution in [0.3, 0.4) is 0 Å². The second-order valence-corrected chi connectivity index (χ2v) is 7.51. The Bertz CT molecular complexity index is 750. The number of imidazole rings is 1. The van der Waals surface area contributed by atoms with Crippen molar-refractivity contribution in [2.45, 2.75) is 58.2 Å². The molecule has 0 aliphatic rings. The lowest BCUT2D eigenvalue weighted by Gasteiger charge is -2.11. The van der Waals surface area contributed by atoms with E-state index in [9.17, 15) is 9.59 Å². The number of aromatic nitrogens is 2. The van der Waals surface area contributed by atoms with E-state index >= 15 is 0 Å². The molecule has 1 aromatic carbocycles. The highest BCUT2D eigenvalue weighted by molar-refractivity contribution is 7.99. The first-order valence-corrected chi connectivity index (χ1v) is 9.66. The fourth-order valence-electron chi connectivity index (χ4n) is 2.83. The van der Waals surface area contributed by atoms with Gasteiger partial charge in [0, 0.05) is 31.3 Å². The van der Waals surface area contributed by atoms with Crippen molar-refractivity contribution in [1.29, 1.82) is 0 Å². The molecular weight excluding hydrogens is 332 g/mol. The van der Waals surface area contributed by atoms with Gasteiger partial charge in [-0.25, -0.2) is 4.98 Å². The van der Waals surface area contributed by atoms with Gasteiger partial charge in [0.2, 0.25) is 0 Å². The molecule has 0 aliphatic carbocycles. The quantitative estimate of drug-likeness (QED) is 0.634. The second kappa shape index (κ2) is 8.99. The number of Topliss-reactive ketones (excluding diaryl/α,β-unsaturated/α-hetero) is 2. The van der Waals surface area contributed by atoms with Crippen molar-refractivity contribution in [3.05, 3.63) is 47.3 Å². The maximum atomic E-state index is 12.3. The number of ketones is 2. The molecule has 0 atom stereocenters. The van der Waals surface area contributed by atoms with Gasteiger partial charge in [-0.1, -0.05) is 49.9 Å². The highest BCUT2D eigenvalue weighted by Gasteiger charge is 2.14. The minimum Gasteiger partial charge on any atom is -0.323 e. The summed E-state index contributed by atoms with van der Waals surface area (Å²) in [5.74, 6) is 1.13. The van der Waals surface area contributed by atoms with E-state index in [-0.39, 0.29) is 11.6 Å². The minimum atomic E-state index is 0.131. The number of carbonyl (C=O) groups is 2. The zero-order valence-electron chi connectivity index (χ0n) is 15.4. The fourth-order valence-corrected chi connectivity index (χ4v) is 3.74. The van der Waals surface area contributed by atoms with E-state index in [4.69, 9.17) is 0 Å². The molecule has 4 nitrogen and oxygen atoms in total. The second-order valence-electron chi connectivity index (χ2n) is 6.57. The largest absolute Gasteiger partial charge is 0.323 e. The molecule has 1 aromatic heterocycles. The lowest BCUT2D eigenvalue weighted by atomic mass is 10.0. The standard InChI is InChI=1S/C20H26N2O2S/c1-5-22-19(14(2)3)12-21-20(22)25-13-18(24)11-17-8-6-7-16(10-17)9-15(4)23/h6-8,10,12,14H,5,9,11,13H2,1-4H3. The van der Waals surface area contributed by atoms with Crippen LogP contribution in [0.25, 0.3) is 0 Å². The summed E-state index contributed by atoms with van der Waals surface area (Å²) in [7, 11) is 0. The molecule has 134 valence electrons. The van der Waals surface area contributed by atoms with Crippen LogP contribution in [0, 0.1) is 0 Å². The van der Waals surface area contributed by atoms with Gasteiger partial charge < -0.3 is 4.57 Å². The molecule has 5 heteroatoms. The third-order valence-corrected chi connectivity index (χ3v) is 5.02. The van der Waals surface area contributed by atoms with E-state index in [1.165, 1.54) is 17.5 Å². The third kappa shape index (κ3) is 5.56. The molecule has 2 rings (SSSR count). The molecule has 0 amide bonds. The Labute approximate surface area is 154 Å². The van der Waals surface area contributed by atoms with Gasteiger partial charge in [0.25, 0.3) is 0 Å². The van der Waals surface area contributed by atoms with Gasteiger partial charge in [0.05, 0.1) is 5.75 Å². The first kappa shape index (κ1) is 19.4. The molecule has 0 unspecified atom stereocenters. The maximum Gasteiger partial charge on any atom is 0.168 e. The van der Waals surface area contributed by atoms with E-state index in [0.717, 1.165) is 22.8 Å². The molecule has 2 aromatic rings. The SMILES string of the molecule is CCn1c(C(C)C)cnc1SCC(=O)Cc1cccc(CC(C)=O)c1. The number of carbonyl (C=O) groups excluding carboxylic acids is 2. The van der Waals surface area contributed by atoms with Crippen LogP contribution in [0.15, 0.2) is 35.6 Å². The fraction of sp³-hybridized carbons (Fsp3) is 0.450. The van der Waals surface area contributed by atoms with E-state index in [0.29, 0.717) is 24.5 Å². The summed E-state index contributed by atoms with van der Waals surface area (Å²) >= 11 is 1.50. The zero-order chi connectivity index (χ0) is 18.4. The zero-order valence-corrected chi connectivity index (χ0v) is 16.2. The Kier molecular flexibility index (Phi) is 7.00. The normalized spacial score (nSPS) is 11.1. The summed E-state index contributed by atoms with van der Waals surface area (Å²) < 4.78 is 2.18. The number of hydrogen-bond donors (Lipinski definition) is 0. The van der Waals surface area contributed by atoms with Gasteiger partial charge in [-0.3, -0.25) is 9.59 Å². The smallest absolute Gasteiger partial charge is 0.168 e. The molecule has 0 aliphatic heterocycles. The van der Waals surface area contributed by atoms with Crippen molar-refractivity contribution in [2.24, 2.45) is 0 Å². The highest BCUT2D eigenvalue weighted by atomic mass is 32.2. The topological polar surface area (TPSA) is 52.0 Å². The summed E-state index contributed by atoms with van der Waals surface area (Å²) in [5, 5.41) is 0.907. The van der Waals surface area contributed by atoms with Crippen LogP contribution in [-0.2, 0) is 29.0 Å². The Balaban J connectivity index is 1.96. The van der Waals surface area contributed by atoms with E-state index < -0.39 is 0 Å². The van der Waals surface area contributed by atoms with Gasteiger partial charge in [-0.15, -0.1) is 0 Å². The molecule has 0 saturated carbocycles. The average Bonchev–Trinajstić information content (AvgIpc) is 2.95. The first-order valence-electron chi connectivity index (χ1n) is 8.67. The Morgan fingerprint density at radius 1 is 1.20 bits per heavy atom. The van der Waals surface area contributed by atoms with Crippen LogP contribution in [0.4, 0.5) is 0 Å². The van der Waals surface area contributed by atoms with E-state index in [2.05, 4.69) is 30.3 Å². The Morgan fingerprint density at radius 3 is 2.48 bits per heavy atom. The number of thioether (sulfide) groups is 1. The molecule has 0 bridgehead atoms. The monoisotopic (exact) mass is 358 g/mol. The Hall–Kier alpha value is -1.88. The minimum absolute atomic E-state index is 0.131. The molecule has 0 spiro atoms. The third-order valence-electron chi connectivity index (χ3n) is 3.97. The van der Waals surface area contributed by atoms with Crippen molar-refractivity contribution in [2.75, 3.05) is 5.75 Å². The highest BCUT2D eigenvalue weighted by Crippen LogP contribution is 2.23. The first-order chi connectivity index (χ1) is 11.9. The molecular formula is C20H26N2O2S. The summed E-state index contributed by atoms with van der Waals surface area (Å²) in [6, 6.07) is 7.73.